The van der Waals surface area contributed by atoms with E-state index in [1.165, 1.54) is 0 Å². The number of carbonyl (C=O) groups excluding carboxylic acids is 1. The molecule has 0 heterocycles. The Kier molecular flexibility index (Phi) is 12.1. The molecule has 0 bridgehead atoms. The number of amides is 1. The smallest absolute Gasteiger partial charge is 0.232 e. The summed E-state index contributed by atoms with van der Waals surface area (Å²) < 4.78 is 23.8. The maximum absolute atomic E-state index is 13.3. The molecule has 0 aromatic heterocycles. The van der Waals surface area contributed by atoms with Crippen LogP contribution in [0.5, 0.6) is 0 Å². The Morgan fingerprint density at radius 2 is 1.85 bits per heavy atom. The van der Waals surface area contributed by atoms with Crippen LogP contribution in [0.2, 0.25) is 0 Å². The molecule has 0 aliphatic carbocycles. The van der Waals surface area contributed by atoms with Crippen molar-refractivity contribution in [1.82, 2.24) is 10.6 Å². The predicted octanol–water partition coefficient (Wildman–Crippen LogP) is 0.790. The van der Waals surface area contributed by atoms with E-state index in [-0.39, 0.29) is 19.1 Å². The fourth-order valence-corrected chi connectivity index (χ4v) is 1.36. The van der Waals surface area contributed by atoms with E-state index in [1.54, 1.807) is 6.92 Å². The van der Waals surface area contributed by atoms with Crippen LogP contribution in [0.15, 0.2) is 0 Å². The Labute approximate surface area is 126 Å². The predicted molar refractivity (Wildman–Crippen MR) is 81.1 cm³/mol. The van der Waals surface area contributed by atoms with Crippen LogP contribution >= 0.6 is 12.6 Å². The van der Waals surface area contributed by atoms with Crippen LogP contribution in [-0.4, -0.2) is 62.9 Å². The van der Waals surface area contributed by atoms with Gasteiger partial charge in [0.25, 0.3) is 0 Å². The van der Waals surface area contributed by atoms with E-state index in [2.05, 4.69) is 37.1 Å². The van der Waals surface area contributed by atoms with Crippen LogP contribution in [-0.2, 0) is 14.3 Å². The summed E-state index contributed by atoms with van der Waals surface area (Å²) in [6.07, 6.45) is -1.21. The second-order valence-electron chi connectivity index (χ2n) is 4.81. The van der Waals surface area contributed by atoms with Gasteiger partial charge in [-0.25, -0.2) is 4.39 Å². The Morgan fingerprint density at radius 3 is 2.45 bits per heavy atom. The third-order valence-electron chi connectivity index (χ3n) is 2.35. The highest BCUT2D eigenvalue weighted by Gasteiger charge is 2.11. The first kappa shape index (κ1) is 19.6. The van der Waals surface area contributed by atoms with Gasteiger partial charge >= 0.3 is 0 Å². The largest absolute Gasteiger partial charge is 0.378 e. The fraction of sp³-hybridized carbons (Fsp3) is 0.923. The van der Waals surface area contributed by atoms with Gasteiger partial charge in [0.05, 0.1) is 38.2 Å². The zero-order chi connectivity index (χ0) is 15.4. The molecule has 0 spiro atoms. The third-order valence-corrected chi connectivity index (χ3v) is 2.58. The Morgan fingerprint density at radius 1 is 1.20 bits per heavy atom. The molecule has 0 radical (unpaired) electrons. The van der Waals surface area contributed by atoms with Crippen molar-refractivity contribution in [3.05, 3.63) is 0 Å². The summed E-state index contributed by atoms with van der Waals surface area (Å²) in [6, 6.07) is 0.442. The quantitative estimate of drug-likeness (QED) is 0.368. The molecule has 20 heavy (non-hydrogen) atoms. The van der Waals surface area contributed by atoms with Gasteiger partial charge in [0.15, 0.2) is 0 Å². The van der Waals surface area contributed by atoms with Gasteiger partial charge in [-0.1, -0.05) is 13.8 Å². The van der Waals surface area contributed by atoms with E-state index in [9.17, 15) is 9.18 Å². The molecule has 0 saturated heterocycles. The number of rotatable bonds is 12. The second-order valence-corrected chi connectivity index (χ2v) is 5.59. The van der Waals surface area contributed by atoms with Crippen molar-refractivity contribution in [2.24, 2.45) is 0 Å². The van der Waals surface area contributed by atoms with Crippen LogP contribution in [0.25, 0.3) is 0 Å². The first-order valence-corrected chi connectivity index (χ1v) is 7.43. The van der Waals surface area contributed by atoms with Crippen molar-refractivity contribution in [3.63, 3.8) is 0 Å². The molecule has 0 rings (SSSR count). The Bertz CT molecular complexity index is 256. The highest BCUT2D eigenvalue weighted by Crippen LogP contribution is 1.94. The molecule has 0 saturated carbocycles. The number of thiol groups is 1. The van der Waals surface area contributed by atoms with Crippen molar-refractivity contribution in [2.75, 3.05) is 39.5 Å². The first-order chi connectivity index (χ1) is 9.43. The van der Waals surface area contributed by atoms with E-state index >= 15 is 0 Å². The number of alkyl halides is 1. The van der Waals surface area contributed by atoms with Gasteiger partial charge < -0.3 is 20.1 Å². The number of carbonyl (C=O) groups is 1. The van der Waals surface area contributed by atoms with Crippen molar-refractivity contribution >= 4 is 18.5 Å². The van der Waals surface area contributed by atoms with E-state index in [4.69, 9.17) is 9.47 Å². The molecule has 2 unspecified atom stereocenters. The maximum Gasteiger partial charge on any atom is 0.232 e. The lowest BCUT2D eigenvalue weighted by Crippen LogP contribution is -2.36. The van der Waals surface area contributed by atoms with Gasteiger partial charge in [0.2, 0.25) is 5.91 Å². The molecule has 5 nitrogen and oxygen atoms in total. The molecular formula is C13H27FN2O3S. The van der Waals surface area contributed by atoms with Crippen LogP contribution in [0.1, 0.15) is 20.8 Å². The van der Waals surface area contributed by atoms with Crippen molar-refractivity contribution in [3.8, 4) is 0 Å². The monoisotopic (exact) mass is 310 g/mol. The summed E-state index contributed by atoms with van der Waals surface area (Å²) in [5.41, 5.74) is 0. The highest BCUT2D eigenvalue weighted by molar-refractivity contribution is 7.81. The summed E-state index contributed by atoms with van der Waals surface area (Å²) in [7, 11) is 0. The standard InChI is InChI=1S/C13H27FN2O3S/c1-10(2)15-4-5-18-6-7-19-9-12(14)8-16-13(17)11(3)20/h10-12,15,20H,4-9H2,1-3H3,(H,16,17). The van der Waals surface area contributed by atoms with Crippen LogP contribution in [0, 0.1) is 0 Å². The summed E-state index contributed by atoms with van der Waals surface area (Å²) >= 11 is 3.95. The van der Waals surface area contributed by atoms with E-state index in [0.717, 1.165) is 6.54 Å². The van der Waals surface area contributed by atoms with Gasteiger partial charge in [-0.3, -0.25) is 4.79 Å². The van der Waals surface area contributed by atoms with Gasteiger partial charge in [-0.15, -0.1) is 0 Å². The zero-order valence-corrected chi connectivity index (χ0v) is 13.4. The Balaban J connectivity index is 3.31. The summed E-state index contributed by atoms with van der Waals surface area (Å²) in [5.74, 6) is -0.281. The average molecular weight is 310 g/mol. The summed E-state index contributed by atoms with van der Waals surface area (Å²) in [5, 5.41) is 5.24. The minimum Gasteiger partial charge on any atom is -0.378 e. The normalized spacial score (nSPS) is 14.3. The number of nitrogens with one attached hydrogen (secondary N) is 2. The van der Waals surface area contributed by atoms with E-state index < -0.39 is 11.4 Å². The molecule has 0 aliphatic heterocycles. The van der Waals surface area contributed by atoms with Crippen LogP contribution < -0.4 is 10.6 Å². The molecule has 7 heteroatoms. The van der Waals surface area contributed by atoms with Gasteiger partial charge in [-0.2, -0.15) is 12.6 Å². The minimum atomic E-state index is -1.21. The number of hydrogen-bond donors (Lipinski definition) is 3. The lowest BCUT2D eigenvalue weighted by atomic mass is 10.3. The molecule has 0 aliphatic rings. The Hall–Kier alpha value is -0.370. The number of ether oxygens (including phenoxy) is 2. The second kappa shape index (κ2) is 12.4. The molecule has 0 aromatic carbocycles. The number of halogens is 1. The van der Waals surface area contributed by atoms with Crippen LogP contribution in [0.3, 0.4) is 0 Å². The van der Waals surface area contributed by atoms with Gasteiger partial charge in [0.1, 0.15) is 6.17 Å². The highest BCUT2D eigenvalue weighted by atomic mass is 32.1. The lowest BCUT2D eigenvalue weighted by Gasteiger charge is -2.12. The van der Waals surface area contributed by atoms with Crippen LogP contribution in [0.4, 0.5) is 4.39 Å². The molecular weight excluding hydrogens is 283 g/mol. The summed E-state index contributed by atoms with van der Waals surface area (Å²) in [6.45, 7) is 7.85. The molecule has 2 N–H and O–H groups in total. The zero-order valence-electron chi connectivity index (χ0n) is 12.5. The SMILES string of the molecule is CC(C)NCCOCCOCC(F)CNC(=O)C(C)S. The topological polar surface area (TPSA) is 59.6 Å². The van der Waals surface area contributed by atoms with Crippen molar-refractivity contribution in [1.29, 1.82) is 0 Å². The van der Waals surface area contributed by atoms with E-state index in [1.807, 2.05) is 0 Å². The molecule has 1 amide bonds. The minimum absolute atomic E-state index is 0.0468. The molecule has 120 valence electrons. The van der Waals surface area contributed by atoms with Crippen molar-refractivity contribution in [2.45, 2.75) is 38.2 Å². The average Bonchev–Trinajstić information content (AvgIpc) is 2.38. The van der Waals surface area contributed by atoms with Gasteiger partial charge in [-0.05, 0) is 6.92 Å². The van der Waals surface area contributed by atoms with Crippen molar-refractivity contribution < 1.29 is 18.7 Å². The number of hydrogen-bond acceptors (Lipinski definition) is 5. The molecule has 0 fully saturated rings. The van der Waals surface area contributed by atoms with Gasteiger partial charge in [0, 0.05) is 12.6 Å². The molecule has 2 atom stereocenters. The summed E-state index contributed by atoms with van der Waals surface area (Å²) in [4.78, 5) is 11.2. The fourth-order valence-electron chi connectivity index (χ4n) is 1.27. The third kappa shape index (κ3) is 12.7. The van der Waals surface area contributed by atoms with E-state index in [0.29, 0.717) is 25.9 Å². The molecule has 0 aromatic rings. The lowest BCUT2D eigenvalue weighted by molar-refractivity contribution is -0.120. The first-order valence-electron chi connectivity index (χ1n) is 6.92. The maximum atomic E-state index is 13.3.